The van der Waals surface area contributed by atoms with Gasteiger partial charge in [-0.2, -0.15) is 0 Å². The summed E-state index contributed by atoms with van der Waals surface area (Å²) in [5.74, 6) is -1.62. The first-order chi connectivity index (χ1) is 6.41. The smallest absolute Gasteiger partial charge is 0.388 e. The molecule has 0 saturated carbocycles. The maximum absolute atomic E-state index is 10.8. The summed E-state index contributed by atoms with van der Waals surface area (Å²) >= 11 is 0. The fourth-order valence-corrected chi connectivity index (χ4v) is 1.22. The highest BCUT2D eigenvalue weighted by molar-refractivity contribution is 5.82. The molecule has 0 heterocycles. The van der Waals surface area contributed by atoms with E-state index in [4.69, 9.17) is 16.6 Å². The summed E-state index contributed by atoms with van der Waals surface area (Å²) in [6, 6.07) is -1.22. The molecule has 76 valence electrons. The third-order valence-electron chi connectivity index (χ3n) is 2.04. The summed E-state index contributed by atoms with van der Waals surface area (Å²) in [4.78, 5) is 20.6. The van der Waals surface area contributed by atoms with Crippen LogP contribution < -0.4 is 11.5 Å². The summed E-state index contributed by atoms with van der Waals surface area (Å²) in [7, 11) is 0. The first-order valence-electron chi connectivity index (χ1n) is 3.71. The van der Waals surface area contributed by atoms with Gasteiger partial charge < -0.3 is 16.6 Å². The Bertz CT molecular complexity index is 333. The number of rotatable bonds is 2. The number of carbonyl (C=O) groups is 1. The molecule has 0 fully saturated rings. The Balaban J connectivity index is 3.29. The lowest BCUT2D eigenvalue weighted by molar-refractivity contribution is -0.542. The summed E-state index contributed by atoms with van der Waals surface area (Å²) in [6.45, 7) is 0. The van der Waals surface area contributed by atoms with E-state index in [2.05, 4.69) is 0 Å². The summed E-state index contributed by atoms with van der Waals surface area (Å²) in [6.07, 6.45) is 3.39. The summed E-state index contributed by atoms with van der Waals surface area (Å²) in [5, 5.41) is 19.5. The molecule has 7 heteroatoms. The van der Waals surface area contributed by atoms with Gasteiger partial charge in [0.2, 0.25) is 0 Å². The largest absolute Gasteiger partial charge is 0.476 e. The number of nitrogens with two attached hydrogens (primary N) is 2. The molecule has 0 saturated heterocycles. The zero-order valence-electron chi connectivity index (χ0n) is 7.08. The van der Waals surface area contributed by atoms with Gasteiger partial charge >= 0.3 is 11.5 Å². The van der Waals surface area contributed by atoms with Crippen LogP contribution in [-0.4, -0.2) is 27.6 Å². The lowest BCUT2D eigenvalue weighted by atomic mass is 9.86. The van der Waals surface area contributed by atoms with Crippen LogP contribution in [0.4, 0.5) is 0 Å². The van der Waals surface area contributed by atoms with E-state index in [9.17, 15) is 14.9 Å². The number of allylic oxidation sites excluding steroid dienone is 1. The molecule has 0 aromatic heterocycles. The molecular formula is C7H9N3O4. The molecule has 1 aliphatic carbocycles. The van der Waals surface area contributed by atoms with E-state index in [0.29, 0.717) is 0 Å². The van der Waals surface area contributed by atoms with Crippen molar-refractivity contribution in [2.45, 2.75) is 11.6 Å². The van der Waals surface area contributed by atoms with Crippen molar-refractivity contribution < 1.29 is 14.8 Å². The predicted molar refractivity (Wildman–Crippen MR) is 46.7 cm³/mol. The van der Waals surface area contributed by atoms with E-state index in [1.54, 1.807) is 0 Å². The van der Waals surface area contributed by atoms with Crippen LogP contribution in [0.2, 0.25) is 0 Å². The molecule has 0 radical (unpaired) electrons. The van der Waals surface area contributed by atoms with Crippen LogP contribution in [0.5, 0.6) is 0 Å². The second-order valence-electron chi connectivity index (χ2n) is 2.92. The quantitative estimate of drug-likeness (QED) is 0.379. The molecule has 0 spiro atoms. The molecular weight excluding hydrogens is 190 g/mol. The Hall–Kier alpha value is -1.89. The number of aliphatic carboxylic acids is 1. The van der Waals surface area contributed by atoms with Gasteiger partial charge in [-0.3, -0.25) is 10.1 Å². The number of carboxylic acid groups (broad SMARTS) is 1. The third kappa shape index (κ3) is 1.23. The zero-order chi connectivity index (χ0) is 10.9. The van der Waals surface area contributed by atoms with E-state index in [1.807, 2.05) is 0 Å². The number of hydrogen-bond acceptors (Lipinski definition) is 5. The van der Waals surface area contributed by atoms with E-state index in [1.165, 1.54) is 12.2 Å². The summed E-state index contributed by atoms with van der Waals surface area (Å²) in [5.41, 5.74) is 8.34. The van der Waals surface area contributed by atoms with E-state index in [0.717, 1.165) is 6.08 Å². The molecule has 2 unspecified atom stereocenters. The molecule has 14 heavy (non-hydrogen) atoms. The van der Waals surface area contributed by atoms with Gasteiger partial charge in [0.15, 0.2) is 0 Å². The van der Waals surface area contributed by atoms with Gasteiger partial charge in [0.1, 0.15) is 6.04 Å². The molecule has 1 rings (SSSR count). The second kappa shape index (κ2) is 3.11. The monoisotopic (exact) mass is 199 g/mol. The highest BCUT2D eigenvalue weighted by atomic mass is 16.6. The van der Waals surface area contributed by atoms with Crippen molar-refractivity contribution >= 4 is 5.97 Å². The number of nitro groups is 1. The lowest BCUT2D eigenvalue weighted by Crippen LogP contribution is -2.58. The van der Waals surface area contributed by atoms with Gasteiger partial charge in [-0.1, -0.05) is 6.08 Å². The highest BCUT2D eigenvalue weighted by Crippen LogP contribution is 2.22. The van der Waals surface area contributed by atoms with E-state index >= 15 is 0 Å². The molecule has 0 bridgehead atoms. The Morgan fingerprint density at radius 2 is 2.29 bits per heavy atom. The lowest BCUT2D eigenvalue weighted by Gasteiger charge is -2.24. The van der Waals surface area contributed by atoms with Crippen molar-refractivity contribution in [1.82, 2.24) is 0 Å². The van der Waals surface area contributed by atoms with Crippen LogP contribution in [0.25, 0.3) is 0 Å². The zero-order valence-corrected chi connectivity index (χ0v) is 7.08. The van der Waals surface area contributed by atoms with E-state index in [-0.39, 0.29) is 5.70 Å². The third-order valence-corrected chi connectivity index (χ3v) is 2.04. The molecule has 7 nitrogen and oxygen atoms in total. The van der Waals surface area contributed by atoms with Gasteiger partial charge in [-0.15, -0.1) is 0 Å². The van der Waals surface area contributed by atoms with E-state index < -0.39 is 22.5 Å². The molecule has 1 aliphatic rings. The Labute approximate surface area is 78.8 Å². The average Bonchev–Trinajstić information content (AvgIpc) is 2.08. The predicted octanol–water partition coefficient (Wildman–Crippen LogP) is -1.17. The first-order valence-corrected chi connectivity index (χ1v) is 3.71. The van der Waals surface area contributed by atoms with Gasteiger partial charge in [0, 0.05) is 16.7 Å². The van der Waals surface area contributed by atoms with Crippen molar-refractivity contribution in [3.8, 4) is 0 Å². The molecule has 0 amide bonds. The Morgan fingerprint density at radius 1 is 1.71 bits per heavy atom. The normalized spacial score (nSPS) is 30.9. The molecule has 5 N–H and O–H groups in total. The SMILES string of the molecule is NC1=CC(C(=O)O)([N+](=O)[O-])C(N)C=C1. The number of carboxylic acids is 1. The fourth-order valence-electron chi connectivity index (χ4n) is 1.22. The maximum atomic E-state index is 10.8. The number of hydrogen-bond donors (Lipinski definition) is 3. The standard InChI is InChI=1S/C7H9N3O4/c8-4-1-2-5(9)7(3-4,6(11)12)10(13)14/h1-3,5H,8-9H2,(H,11,12). The summed E-state index contributed by atoms with van der Waals surface area (Å²) < 4.78 is 0. The van der Waals surface area contributed by atoms with Crippen LogP contribution in [0.3, 0.4) is 0 Å². The molecule has 0 aliphatic heterocycles. The number of nitrogens with zero attached hydrogens (tertiary/aromatic N) is 1. The van der Waals surface area contributed by atoms with Gasteiger partial charge in [0.05, 0.1) is 0 Å². The minimum atomic E-state index is -2.35. The van der Waals surface area contributed by atoms with Crippen LogP contribution in [0, 0.1) is 10.1 Å². The van der Waals surface area contributed by atoms with Crippen molar-refractivity contribution in [2.24, 2.45) is 11.5 Å². The van der Waals surface area contributed by atoms with Crippen LogP contribution in [0.15, 0.2) is 23.9 Å². The Kier molecular flexibility index (Phi) is 2.26. The maximum Gasteiger partial charge on any atom is 0.388 e. The van der Waals surface area contributed by atoms with Crippen LogP contribution >= 0.6 is 0 Å². The highest BCUT2D eigenvalue weighted by Gasteiger charge is 2.55. The minimum absolute atomic E-state index is 0.0193. The second-order valence-corrected chi connectivity index (χ2v) is 2.92. The van der Waals surface area contributed by atoms with Crippen molar-refractivity contribution in [3.05, 3.63) is 34.0 Å². The van der Waals surface area contributed by atoms with Crippen molar-refractivity contribution in [2.75, 3.05) is 0 Å². The van der Waals surface area contributed by atoms with Crippen molar-refractivity contribution in [3.63, 3.8) is 0 Å². The average molecular weight is 199 g/mol. The fraction of sp³-hybridized carbons (Fsp3) is 0.286. The van der Waals surface area contributed by atoms with Crippen LogP contribution in [-0.2, 0) is 4.79 Å². The Morgan fingerprint density at radius 3 is 2.64 bits per heavy atom. The van der Waals surface area contributed by atoms with Gasteiger partial charge in [0.25, 0.3) is 0 Å². The first kappa shape index (κ1) is 10.2. The molecule has 2 atom stereocenters. The molecule has 0 aromatic rings. The van der Waals surface area contributed by atoms with Crippen molar-refractivity contribution in [1.29, 1.82) is 0 Å². The van der Waals surface area contributed by atoms with Gasteiger partial charge in [-0.05, 0) is 6.08 Å². The molecule has 0 aromatic carbocycles. The van der Waals surface area contributed by atoms with Crippen LogP contribution in [0.1, 0.15) is 0 Å². The van der Waals surface area contributed by atoms with Gasteiger partial charge in [-0.25, -0.2) is 4.79 Å². The topological polar surface area (TPSA) is 132 Å². The minimum Gasteiger partial charge on any atom is -0.476 e.